The van der Waals surface area contributed by atoms with E-state index in [4.69, 9.17) is 16.3 Å². The molecule has 1 amide bonds. The third-order valence-electron chi connectivity index (χ3n) is 5.79. The van der Waals surface area contributed by atoms with Gasteiger partial charge in [-0.25, -0.2) is 0 Å². The monoisotopic (exact) mass is 461 g/mol. The lowest BCUT2D eigenvalue weighted by molar-refractivity contribution is -0.125. The smallest absolute Gasteiger partial charge is 0.220 e. The summed E-state index contributed by atoms with van der Waals surface area (Å²) in [4.78, 5) is 38.5. The van der Waals surface area contributed by atoms with Crippen LogP contribution in [-0.4, -0.2) is 37.2 Å². The van der Waals surface area contributed by atoms with Gasteiger partial charge in [-0.15, -0.1) is 11.3 Å². The lowest BCUT2D eigenvalue weighted by Gasteiger charge is -2.38. The first kappa shape index (κ1) is 23.6. The Balaban J connectivity index is 1.46. The van der Waals surface area contributed by atoms with Crippen LogP contribution in [0.5, 0.6) is 0 Å². The van der Waals surface area contributed by atoms with Crippen LogP contribution in [0.4, 0.5) is 0 Å². The van der Waals surface area contributed by atoms with Gasteiger partial charge in [-0.1, -0.05) is 23.7 Å². The van der Waals surface area contributed by atoms with Crippen molar-refractivity contribution >= 4 is 40.4 Å². The highest BCUT2D eigenvalue weighted by Gasteiger charge is 2.35. The number of carbonyl (C=O) groups is 3. The highest BCUT2D eigenvalue weighted by molar-refractivity contribution is 7.14. The van der Waals surface area contributed by atoms with Gasteiger partial charge in [-0.2, -0.15) is 0 Å². The van der Waals surface area contributed by atoms with E-state index in [0.29, 0.717) is 29.7 Å². The van der Waals surface area contributed by atoms with E-state index in [1.807, 2.05) is 37.3 Å². The maximum absolute atomic E-state index is 12.4. The second kappa shape index (κ2) is 11.0. The molecule has 0 radical (unpaired) electrons. The number of hydrogen-bond acceptors (Lipinski definition) is 5. The topological polar surface area (TPSA) is 72.5 Å². The molecule has 1 N–H and O–H groups in total. The van der Waals surface area contributed by atoms with Crippen molar-refractivity contribution in [2.75, 3.05) is 19.8 Å². The van der Waals surface area contributed by atoms with Crippen molar-refractivity contribution in [2.24, 2.45) is 0 Å². The van der Waals surface area contributed by atoms with E-state index in [1.54, 1.807) is 6.07 Å². The molecule has 1 aliphatic rings. The Labute approximate surface area is 192 Å². The van der Waals surface area contributed by atoms with Gasteiger partial charge in [-0.05, 0) is 49.6 Å². The average Bonchev–Trinajstić information content (AvgIpc) is 3.21. The number of thiophene rings is 1. The minimum Gasteiger partial charge on any atom is -0.381 e. The minimum atomic E-state index is -0.214. The molecule has 1 aromatic heterocycles. The molecular formula is C24H28ClNO4S. The van der Waals surface area contributed by atoms with Gasteiger partial charge in [0.15, 0.2) is 5.78 Å². The Morgan fingerprint density at radius 3 is 2.48 bits per heavy atom. The normalized spacial score (nSPS) is 15.4. The van der Waals surface area contributed by atoms with E-state index < -0.39 is 0 Å². The van der Waals surface area contributed by atoms with E-state index in [9.17, 15) is 14.4 Å². The molecule has 1 fully saturated rings. The Bertz CT molecular complexity index is 933. The number of ketones is 2. The number of Topliss-reactive ketones (excluding diaryl/α,β-unsaturated/α-hetero) is 2. The summed E-state index contributed by atoms with van der Waals surface area (Å²) < 4.78 is 5.52. The highest BCUT2D eigenvalue weighted by atomic mass is 35.5. The molecule has 0 saturated carbocycles. The first-order valence-corrected chi connectivity index (χ1v) is 11.8. The van der Waals surface area contributed by atoms with Crippen molar-refractivity contribution in [1.82, 2.24) is 5.32 Å². The molecule has 1 aromatic carbocycles. The van der Waals surface area contributed by atoms with E-state index in [-0.39, 0.29) is 48.6 Å². The third-order valence-corrected chi connectivity index (χ3v) is 7.06. The number of nitrogens with one attached hydrogen (secondary N) is 1. The third kappa shape index (κ3) is 6.73. The van der Waals surface area contributed by atoms with E-state index >= 15 is 0 Å². The lowest BCUT2D eigenvalue weighted by atomic mass is 9.74. The Morgan fingerprint density at radius 1 is 1.06 bits per heavy atom. The fourth-order valence-electron chi connectivity index (χ4n) is 3.84. The van der Waals surface area contributed by atoms with Crippen LogP contribution in [-0.2, 0) is 19.7 Å². The van der Waals surface area contributed by atoms with Gasteiger partial charge in [0.25, 0.3) is 0 Å². The highest BCUT2D eigenvalue weighted by Crippen LogP contribution is 2.35. The van der Waals surface area contributed by atoms with Crippen LogP contribution in [0.1, 0.15) is 58.6 Å². The quantitative estimate of drug-likeness (QED) is 0.511. The van der Waals surface area contributed by atoms with Crippen LogP contribution < -0.4 is 5.32 Å². The summed E-state index contributed by atoms with van der Waals surface area (Å²) in [6.07, 6.45) is 2.25. The molecule has 2 aromatic rings. The summed E-state index contributed by atoms with van der Waals surface area (Å²) in [6.45, 7) is 3.71. The number of halogens is 1. The number of carbonyl (C=O) groups excluding carboxylic acids is 3. The number of aryl methyl sites for hydroxylation is 1. The molecule has 1 aliphatic heterocycles. The number of benzene rings is 1. The van der Waals surface area contributed by atoms with Crippen molar-refractivity contribution in [1.29, 1.82) is 0 Å². The molecule has 0 unspecified atom stereocenters. The van der Waals surface area contributed by atoms with Crippen molar-refractivity contribution in [3.8, 4) is 0 Å². The summed E-state index contributed by atoms with van der Waals surface area (Å²) >= 11 is 7.63. The number of rotatable bonds is 10. The molecule has 7 heteroatoms. The van der Waals surface area contributed by atoms with Crippen molar-refractivity contribution in [3.05, 3.63) is 56.7 Å². The molecule has 1 saturated heterocycles. The first-order chi connectivity index (χ1) is 14.9. The maximum atomic E-state index is 12.4. The largest absolute Gasteiger partial charge is 0.381 e. The van der Waals surface area contributed by atoms with Gasteiger partial charge in [0.1, 0.15) is 5.78 Å². The van der Waals surface area contributed by atoms with Gasteiger partial charge in [0, 0.05) is 60.8 Å². The molecule has 3 rings (SSSR count). The van der Waals surface area contributed by atoms with E-state index in [2.05, 4.69) is 5.32 Å². The summed E-state index contributed by atoms with van der Waals surface area (Å²) in [5.41, 5.74) is 0.885. The fraction of sp³-hybridized carbons (Fsp3) is 0.458. The summed E-state index contributed by atoms with van der Waals surface area (Å²) in [7, 11) is 0. The number of ether oxygens (including phenoxy) is 1. The van der Waals surface area contributed by atoms with Crippen LogP contribution in [0.15, 0.2) is 36.4 Å². The zero-order chi connectivity index (χ0) is 22.3. The predicted octanol–water partition coefficient (Wildman–Crippen LogP) is 4.89. The number of amides is 1. The van der Waals surface area contributed by atoms with Crippen molar-refractivity contribution in [2.45, 2.75) is 50.9 Å². The summed E-state index contributed by atoms with van der Waals surface area (Å²) in [5, 5.41) is 3.68. The fourth-order valence-corrected chi connectivity index (χ4v) is 4.87. The Kier molecular flexibility index (Phi) is 8.41. The summed E-state index contributed by atoms with van der Waals surface area (Å²) in [5.74, 6) is -0.229. The molecule has 0 aliphatic carbocycles. The van der Waals surface area contributed by atoms with Crippen LogP contribution in [0.25, 0.3) is 0 Å². The molecule has 2 heterocycles. The van der Waals surface area contributed by atoms with Crippen LogP contribution in [0.3, 0.4) is 0 Å². The Hall–Kier alpha value is -2.02. The van der Waals surface area contributed by atoms with Crippen molar-refractivity contribution < 1.29 is 19.1 Å². The zero-order valence-electron chi connectivity index (χ0n) is 17.7. The molecule has 0 bridgehead atoms. The molecule has 0 atom stereocenters. The van der Waals surface area contributed by atoms with Gasteiger partial charge >= 0.3 is 0 Å². The number of hydrogen-bond donors (Lipinski definition) is 1. The average molecular weight is 462 g/mol. The predicted molar refractivity (Wildman–Crippen MR) is 123 cm³/mol. The summed E-state index contributed by atoms with van der Waals surface area (Å²) in [6, 6.07) is 11.5. The molecule has 166 valence electrons. The van der Waals surface area contributed by atoms with Gasteiger partial charge in [0.2, 0.25) is 5.91 Å². The second-order valence-corrected chi connectivity index (χ2v) is 9.78. The van der Waals surface area contributed by atoms with Crippen LogP contribution >= 0.6 is 22.9 Å². The minimum absolute atomic E-state index is 0.0149. The van der Waals surface area contributed by atoms with Gasteiger partial charge < -0.3 is 10.1 Å². The Morgan fingerprint density at radius 2 is 1.81 bits per heavy atom. The first-order valence-electron chi connectivity index (χ1n) is 10.6. The van der Waals surface area contributed by atoms with Gasteiger partial charge in [-0.3, -0.25) is 14.4 Å². The molecule has 0 spiro atoms. The van der Waals surface area contributed by atoms with E-state index in [1.165, 1.54) is 11.3 Å². The van der Waals surface area contributed by atoms with Crippen molar-refractivity contribution in [3.63, 3.8) is 0 Å². The van der Waals surface area contributed by atoms with Crippen LogP contribution in [0.2, 0.25) is 5.02 Å². The maximum Gasteiger partial charge on any atom is 0.220 e. The van der Waals surface area contributed by atoms with Gasteiger partial charge in [0.05, 0.1) is 4.88 Å². The standard InChI is InChI=1S/C24H28ClNO4S/c1-17-5-9-22(31-17)21(28)8-6-20(27)7-10-23(29)26-16-24(11-13-30-14-12-24)18-3-2-4-19(25)15-18/h2-5,9,15H,6-8,10-14,16H2,1H3,(H,26,29). The zero-order valence-corrected chi connectivity index (χ0v) is 19.3. The molecule has 31 heavy (non-hydrogen) atoms. The van der Waals surface area contributed by atoms with E-state index in [0.717, 1.165) is 23.3 Å². The molecule has 5 nitrogen and oxygen atoms in total. The van der Waals surface area contributed by atoms with Crippen LogP contribution in [0, 0.1) is 6.92 Å². The lowest BCUT2D eigenvalue weighted by Crippen LogP contribution is -2.44. The molecular weight excluding hydrogens is 434 g/mol. The SMILES string of the molecule is Cc1ccc(C(=O)CCC(=O)CCC(=O)NCC2(c3cccc(Cl)c3)CCOCC2)s1. The second-order valence-electron chi connectivity index (χ2n) is 8.05.